The Labute approximate surface area is 312 Å². The summed E-state index contributed by atoms with van der Waals surface area (Å²) in [6, 6.07) is 3.58. The number of alkyl carbamates (subject to hydrolysis) is 1. The number of hydrogen-bond acceptors (Lipinski definition) is 10. The second-order valence-corrected chi connectivity index (χ2v) is 18.4. The van der Waals surface area contributed by atoms with Gasteiger partial charge in [0.25, 0.3) is 0 Å². The first kappa shape index (κ1) is 38.8. The zero-order valence-electron chi connectivity index (χ0n) is 31.3. The van der Waals surface area contributed by atoms with Crippen molar-refractivity contribution in [3.63, 3.8) is 0 Å². The molecule has 5 aliphatic rings. The highest BCUT2D eigenvalue weighted by atomic mass is 32.2. The van der Waals surface area contributed by atoms with Gasteiger partial charge >= 0.3 is 12.2 Å². The van der Waals surface area contributed by atoms with Crippen molar-refractivity contribution >= 4 is 39.8 Å². The smallest absolute Gasteiger partial charge is 0.410 e. The Balaban J connectivity index is 1.25. The molecule has 3 heterocycles. The molecule has 1 aromatic rings. The maximum atomic E-state index is 14.5. The van der Waals surface area contributed by atoms with E-state index in [1.807, 2.05) is 25.1 Å². The van der Waals surface area contributed by atoms with Crippen LogP contribution < -0.4 is 14.8 Å². The maximum absolute atomic E-state index is 14.5. The molecule has 1 aromatic carbocycles. The van der Waals surface area contributed by atoms with E-state index in [2.05, 4.69) is 10.0 Å². The summed E-state index contributed by atoms with van der Waals surface area (Å²) in [6.07, 6.45) is 3.67. The fourth-order valence-electron chi connectivity index (χ4n) is 7.97. The summed E-state index contributed by atoms with van der Waals surface area (Å²) in [7, 11) is -3.84. The van der Waals surface area contributed by atoms with Gasteiger partial charge < -0.3 is 24.4 Å². The predicted molar refractivity (Wildman–Crippen MR) is 193 cm³/mol. The lowest BCUT2D eigenvalue weighted by atomic mass is 9.85. The number of rotatable bonds is 7. The highest BCUT2D eigenvalue weighted by Crippen LogP contribution is 2.58. The molecule has 14 nitrogen and oxygen atoms in total. The third-order valence-electron chi connectivity index (χ3n) is 11.4. The Morgan fingerprint density at radius 3 is 2.36 bits per heavy atom. The van der Waals surface area contributed by atoms with Crippen LogP contribution in [0.4, 0.5) is 9.59 Å². The molecule has 1 unspecified atom stereocenters. The predicted octanol–water partition coefficient (Wildman–Crippen LogP) is 4.58. The lowest BCUT2D eigenvalue weighted by molar-refractivity contribution is -0.142. The third kappa shape index (κ3) is 8.76. The zero-order valence-corrected chi connectivity index (χ0v) is 32.1. The number of fused-ring (bicyclic) bond motifs is 3. The van der Waals surface area contributed by atoms with Crippen molar-refractivity contribution in [1.82, 2.24) is 19.8 Å². The Morgan fingerprint density at radius 1 is 1.00 bits per heavy atom. The second kappa shape index (κ2) is 15.5. The summed E-state index contributed by atoms with van der Waals surface area (Å²) in [4.78, 5) is 71.9. The number of hydrogen-bond donors (Lipinski definition) is 2. The molecule has 0 spiro atoms. The fraction of sp³-hybridized carbons (Fsp3) is 0.711. The highest BCUT2D eigenvalue weighted by Gasteiger charge is 2.62. The fourth-order valence-corrected chi connectivity index (χ4v) is 9.36. The van der Waals surface area contributed by atoms with Crippen molar-refractivity contribution in [3.05, 3.63) is 29.3 Å². The standard InChI is InChI=1S/C38H54N4O10S/c1-5-25-19-38(25,34(45)40-53(48,49)27-14-15-27)20-30(43)29-18-26-22-42(29)33(44)32(37(2,3)4)39-35(46)51-17-10-8-6-7-9-16-50-31-13-11-12-24-21-41(23-28(24)31)36(47)52-26/h11-13,25-27,29,32H,5-10,14-23H2,1-4H3,(H,39,46)(H,40,45)/t25-,26+,29?,32+,38-/m0/s1. The van der Waals surface area contributed by atoms with Crippen LogP contribution in [0.25, 0.3) is 0 Å². The minimum absolute atomic E-state index is 0.0123. The average molecular weight is 759 g/mol. The van der Waals surface area contributed by atoms with E-state index >= 15 is 0 Å². The van der Waals surface area contributed by atoms with Gasteiger partial charge in [0.05, 0.1) is 43.0 Å². The lowest BCUT2D eigenvalue weighted by Gasteiger charge is -2.35. The number of sulfonamides is 1. The Bertz CT molecular complexity index is 1710. The van der Waals surface area contributed by atoms with Crippen molar-refractivity contribution < 1.29 is 46.6 Å². The second-order valence-electron chi connectivity index (χ2n) is 16.5. The van der Waals surface area contributed by atoms with Gasteiger partial charge in [-0.15, -0.1) is 0 Å². The molecule has 0 radical (unpaired) electrons. The van der Waals surface area contributed by atoms with E-state index in [4.69, 9.17) is 14.2 Å². The van der Waals surface area contributed by atoms with Crippen LogP contribution in [0.2, 0.25) is 0 Å². The monoisotopic (exact) mass is 758 g/mol. The van der Waals surface area contributed by atoms with Gasteiger partial charge in [0.1, 0.15) is 17.9 Å². The normalized spacial score (nSPS) is 28.8. The number of ketones is 1. The molecule has 2 N–H and O–H groups in total. The molecular weight excluding hydrogens is 705 g/mol. The van der Waals surface area contributed by atoms with E-state index in [9.17, 15) is 32.4 Å². The highest BCUT2D eigenvalue weighted by molar-refractivity contribution is 7.90. The van der Waals surface area contributed by atoms with Gasteiger partial charge in [-0.2, -0.15) is 0 Å². The first-order valence-electron chi connectivity index (χ1n) is 19.1. The van der Waals surface area contributed by atoms with E-state index in [1.165, 1.54) is 4.90 Å². The molecule has 3 fully saturated rings. The molecule has 2 aliphatic carbocycles. The maximum Gasteiger partial charge on any atom is 0.410 e. The summed E-state index contributed by atoms with van der Waals surface area (Å²) in [5.41, 5.74) is -0.133. The van der Waals surface area contributed by atoms with Gasteiger partial charge in [0.2, 0.25) is 21.8 Å². The summed E-state index contributed by atoms with van der Waals surface area (Å²) >= 11 is 0. The molecule has 15 heteroatoms. The number of Topliss-reactive ketones (excluding diaryl/α,β-unsaturated/α-hetero) is 1. The number of carbonyl (C=O) groups excluding carboxylic acids is 5. The number of amides is 4. The SMILES string of the molecule is CC[C@H]1C[C@@]1(CC(=O)C1C[C@@H]2CN1C(=O)[C@H](C(C)(C)C)NC(=O)OCCCCCCCOc1cccc3c1CN(C3)C(=O)O2)C(=O)NS(=O)(=O)C1CC1. The molecule has 4 amide bonds. The van der Waals surface area contributed by atoms with Crippen molar-refractivity contribution in [2.24, 2.45) is 16.7 Å². The van der Waals surface area contributed by atoms with Crippen molar-refractivity contribution in [2.45, 2.75) is 135 Å². The minimum atomic E-state index is -3.84. The number of nitrogens with one attached hydrogen (secondary N) is 2. The molecule has 5 atom stereocenters. The number of ether oxygens (including phenoxy) is 3. The molecule has 1 saturated heterocycles. The van der Waals surface area contributed by atoms with Gasteiger partial charge in [-0.25, -0.2) is 18.0 Å². The van der Waals surface area contributed by atoms with Gasteiger partial charge in [0, 0.05) is 24.9 Å². The van der Waals surface area contributed by atoms with Crippen LogP contribution in [0, 0.1) is 16.7 Å². The minimum Gasteiger partial charge on any atom is -0.493 e. The molecule has 292 valence electrons. The van der Waals surface area contributed by atoms with E-state index in [-0.39, 0.29) is 31.9 Å². The number of cyclic esters (lactones) is 1. The summed E-state index contributed by atoms with van der Waals surface area (Å²) < 4.78 is 45.2. The largest absolute Gasteiger partial charge is 0.493 e. The molecule has 3 aliphatic heterocycles. The Morgan fingerprint density at radius 2 is 1.70 bits per heavy atom. The molecule has 2 saturated carbocycles. The van der Waals surface area contributed by atoms with Gasteiger partial charge in [0.15, 0.2) is 5.78 Å². The summed E-state index contributed by atoms with van der Waals surface area (Å²) in [6.45, 7) is 8.50. The van der Waals surface area contributed by atoms with Crippen molar-refractivity contribution in [3.8, 4) is 5.75 Å². The van der Waals surface area contributed by atoms with Gasteiger partial charge in [-0.1, -0.05) is 65.5 Å². The van der Waals surface area contributed by atoms with Gasteiger partial charge in [-0.05, 0) is 55.1 Å². The van der Waals surface area contributed by atoms with E-state index in [0.29, 0.717) is 51.8 Å². The molecule has 0 aromatic heterocycles. The van der Waals surface area contributed by atoms with E-state index in [1.54, 1.807) is 25.7 Å². The lowest BCUT2D eigenvalue weighted by Crippen LogP contribution is -2.57. The van der Waals surface area contributed by atoms with E-state index < -0.39 is 74.1 Å². The van der Waals surface area contributed by atoms with Crippen LogP contribution in [0.1, 0.15) is 109 Å². The number of benzene rings is 1. The number of carbonyl (C=O) groups is 5. The van der Waals surface area contributed by atoms with Crippen molar-refractivity contribution in [2.75, 3.05) is 19.8 Å². The molecule has 6 rings (SSSR count). The summed E-state index contributed by atoms with van der Waals surface area (Å²) in [5, 5.41) is 2.13. The van der Waals surface area contributed by atoms with E-state index in [0.717, 1.165) is 42.6 Å². The molecule has 4 bridgehead atoms. The van der Waals surface area contributed by atoms with Crippen LogP contribution in [0.5, 0.6) is 5.75 Å². The van der Waals surface area contributed by atoms with Crippen LogP contribution >= 0.6 is 0 Å². The third-order valence-corrected chi connectivity index (χ3v) is 13.2. The van der Waals surface area contributed by atoms with Crippen LogP contribution in [0.3, 0.4) is 0 Å². The first-order valence-corrected chi connectivity index (χ1v) is 20.7. The van der Waals surface area contributed by atoms with Crippen LogP contribution in [0.15, 0.2) is 18.2 Å². The topological polar surface area (TPSA) is 178 Å². The molecule has 53 heavy (non-hydrogen) atoms. The van der Waals surface area contributed by atoms with Crippen LogP contribution in [-0.4, -0.2) is 91.2 Å². The average Bonchev–Trinajstić information content (AvgIpc) is 3.99. The Kier molecular flexibility index (Phi) is 11.3. The first-order chi connectivity index (χ1) is 25.1. The van der Waals surface area contributed by atoms with Gasteiger partial charge in [-0.3, -0.25) is 24.0 Å². The quantitative estimate of drug-likeness (QED) is 0.400. The van der Waals surface area contributed by atoms with Crippen molar-refractivity contribution in [1.29, 1.82) is 0 Å². The number of nitrogens with zero attached hydrogens (tertiary/aromatic N) is 2. The van der Waals surface area contributed by atoms with Crippen LogP contribution in [-0.2, 0) is 47.0 Å². The summed E-state index contributed by atoms with van der Waals surface area (Å²) in [5.74, 6) is -1.13. The Hall–Kier alpha value is -3.88. The zero-order chi connectivity index (χ0) is 38.1. The molecular formula is C38H54N4O10S.